The van der Waals surface area contributed by atoms with Gasteiger partial charge in [-0.2, -0.15) is 0 Å². The van der Waals surface area contributed by atoms with E-state index in [0.717, 1.165) is 16.5 Å². The molecule has 0 unspecified atom stereocenters. The summed E-state index contributed by atoms with van der Waals surface area (Å²) < 4.78 is 39.6. The highest BCUT2D eigenvalue weighted by molar-refractivity contribution is 6.21. The minimum atomic E-state index is -1.67. The quantitative estimate of drug-likeness (QED) is 0.642. The van der Waals surface area contributed by atoms with Crippen molar-refractivity contribution in [3.05, 3.63) is 64.5 Å². The standard InChI is InChI=1S/C19H15F3N2O3/c1-10-4-5-11-12(9-10)19(27)24(18(11)26)8-2-3-15(25)23-14-7-6-13(20)16(21)17(14)22/h4-7,9H,2-3,8H2,1H3,(H,23,25). The average molecular weight is 376 g/mol. The van der Waals surface area contributed by atoms with E-state index in [1.54, 1.807) is 18.2 Å². The SMILES string of the molecule is Cc1ccc2c(c1)C(=O)N(CCCC(=O)Nc1ccc(F)c(F)c1F)C2=O. The Bertz CT molecular complexity index is 959. The van der Waals surface area contributed by atoms with Gasteiger partial charge in [0.15, 0.2) is 17.5 Å². The molecule has 140 valence electrons. The number of anilines is 1. The lowest BCUT2D eigenvalue weighted by Gasteiger charge is -2.13. The molecule has 0 fully saturated rings. The van der Waals surface area contributed by atoms with Crippen LogP contribution in [0.2, 0.25) is 0 Å². The van der Waals surface area contributed by atoms with Crippen LogP contribution in [0.1, 0.15) is 39.1 Å². The fourth-order valence-corrected chi connectivity index (χ4v) is 2.84. The second kappa shape index (κ2) is 7.22. The molecule has 0 atom stereocenters. The summed E-state index contributed by atoms with van der Waals surface area (Å²) in [5.41, 5.74) is 1.02. The number of hydrogen-bond donors (Lipinski definition) is 1. The Balaban J connectivity index is 1.58. The number of rotatable bonds is 5. The van der Waals surface area contributed by atoms with Gasteiger partial charge in [-0.1, -0.05) is 11.6 Å². The van der Waals surface area contributed by atoms with E-state index in [9.17, 15) is 27.6 Å². The largest absolute Gasteiger partial charge is 0.324 e. The van der Waals surface area contributed by atoms with Crippen LogP contribution < -0.4 is 5.32 Å². The van der Waals surface area contributed by atoms with Crippen molar-refractivity contribution in [1.82, 2.24) is 4.90 Å². The fraction of sp³-hybridized carbons (Fsp3) is 0.211. The van der Waals surface area contributed by atoms with Gasteiger partial charge >= 0.3 is 0 Å². The Morgan fingerprint density at radius 1 is 1.00 bits per heavy atom. The van der Waals surface area contributed by atoms with Crippen molar-refractivity contribution in [1.29, 1.82) is 0 Å². The molecule has 3 rings (SSSR count). The first-order valence-corrected chi connectivity index (χ1v) is 8.20. The van der Waals surface area contributed by atoms with Crippen LogP contribution in [-0.4, -0.2) is 29.2 Å². The predicted octanol–water partition coefficient (Wildman–Crippen LogP) is 3.43. The molecule has 0 spiro atoms. The molecule has 0 bridgehead atoms. The summed E-state index contributed by atoms with van der Waals surface area (Å²) in [4.78, 5) is 37.5. The van der Waals surface area contributed by atoms with Crippen LogP contribution >= 0.6 is 0 Å². The zero-order valence-corrected chi connectivity index (χ0v) is 14.3. The normalized spacial score (nSPS) is 13.1. The fourth-order valence-electron chi connectivity index (χ4n) is 2.84. The van der Waals surface area contributed by atoms with Gasteiger partial charge < -0.3 is 5.32 Å². The Kier molecular flexibility index (Phi) is 4.98. The number of amides is 3. The van der Waals surface area contributed by atoms with E-state index >= 15 is 0 Å². The highest BCUT2D eigenvalue weighted by Crippen LogP contribution is 2.24. The molecule has 5 nitrogen and oxygen atoms in total. The molecule has 0 aromatic heterocycles. The number of aryl methyl sites for hydroxylation is 1. The van der Waals surface area contributed by atoms with E-state index in [1.807, 2.05) is 6.92 Å². The molecule has 8 heteroatoms. The van der Waals surface area contributed by atoms with Crippen molar-refractivity contribution >= 4 is 23.4 Å². The zero-order chi connectivity index (χ0) is 19.7. The van der Waals surface area contributed by atoms with Gasteiger partial charge in [0.2, 0.25) is 5.91 Å². The lowest BCUT2D eigenvalue weighted by Crippen LogP contribution is -2.31. The number of nitrogens with one attached hydrogen (secondary N) is 1. The van der Waals surface area contributed by atoms with Crippen molar-refractivity contribution in [3.8, 4) is 0 Å². The van der Waals surface area contributed by atoms with Gasteiger partial charge in [-0.25, -0.2) is 13.2 Å². The smallest absolute Gasteiger partial charge is 0.261 e. The molecule has 1 heterocycles. The molecule has 27 heavy (non-hydrogen) atoms. The van der Waals surface area contributed by atoms with Gasteiger partial charge in [-0.15, -0.1) is 0 Å². The van der Waals surface area contributed by atoms with Crippen molar-refractivity contribution in [2.75, 3.05) is 11.9 Å². The van der Waals surface area contributed by atoms with Crippen molar-refractivity contribution < 1.29 is 27.6 Å². The first kappa shape index (κ1) is 18.6. The summed E-state index contributed by atoms with van der Waals surface area (Å²) in [5.74, 6) is -6.01. The summed E-state index contributed by atoms with van der Waals surface area (Å²) in [6.45, 7) is 1.82. The third kappa shape index (κ3) is 3.55. The van der Waals surface area contributed by atoms with E-state index < -0.39 is 40.9 Å². The van der Waals surface area contributed by atoms with Crippen molar-refractivity contribution in [2.24, 2.45) is 0 Å². The molecule has 0 aliphatic carbocycles. The lowest BCUT2D eigenvalue weighted by atomic mass is 10.1. The van der Waals surface area contributed by atoms with Crippen LogP contribution in [-0.2, 0) is 4.79 Å². The van der Waals surface area contributed by atoms with E-state index in [2.05, 4.69) is 5.32 Å². The van der Waals surface area contributed by atoms with Gasteiger partial charge in [0, 0.05) is 13.0 Å². The topological polar surface area (TPSA) is 66.5 Å². The second-order valence-electron chi connectivity index (χ2n) is 6.19. The van der Waals surface area contributed by atoms with Crippen LogP contribution in [0.4, 0.5) is 18.9 Å². The van der Waals surface area contributed by atoms with Gasteiger partial charge in [0.05, 0.1) is 16.8 Å². The highest BCUT2D eigenvalue weighted by atomic mass is 19.2. The van der Waals surface area contributed by atoms with Crippen LogP contribution in [0.25, 0.3) is 0 Å². The highest BCUT2D eigenvalue weighted by Gasteiger charge is 2.34. The van der Waals surface area contributed by atoms with Gasteiger partial charge in [0.25, 0.3) is 11.8 Å². The summed E-state index contributed by atoms with van der Waals surface area (Å²) in [7, 11) is 0. The monoisotopic (exact) mass is 376 g/mol. The first-order chi connectivity index (χ1) is 12.8. The summed E-state index contributed by atoms with van der Waals surface area (Å²) >= 11 is 0. The molecule has 1 N–H and O–H groups in total. The van der Waals surface area contributed by atoms with Crippen LogP contribution in [0.3, 0.4) is 0 Å². The van der Waals surface area contributed by atoms with Crippen LogP contribution in [0.5, 0.6) is 0 Å². The third-order valence-electron chi connectivity index (χ3n) is 4.22. The summed E-state index contributed by atoms with van der Waals surface area (Å²) in [5, 5.41) is 2.14. The van der Waals surface area contributed by atoms with Crippen molar-refractivity contribution in [3.63, 3.8) is 0 Å². The Hall–Kier alpha value is -3.16. The maximum Gasteiger partial charge on any atom is 0.261 e. The molecule has 0 saturated carbocycles. The molecule has 0 saturated heterocycles. The zero-order valence-electron chi connectivity index (χ0n) is 14.3. The van der Waals surface area contributed by atoms with Gasteiger partial charge in [-0.05, 0) is 37.6 Å². The number of halogens is 3. The predicted molar refractivity (Wildman–Crippen MR) is 90.7 cm³/mol. The molecule has 0 radical (unpaired) electrons. The Morgan fingerprint density at radius 3 is 2.44 bits per heavy atom. The van der Waals surface area contributed by atoms with Gasteiger partial charge in [0.1, 0.15) is 0 Å². The number of carbonyl (C=O) groups is 3. The molecule has 1 aliphatic rings. The minimum absolute atomic E-state index is 0.0130. The maximum atomic E-state index is 13.6. The third-order valence-corrected chi connectivity index (χ3v) is 4.22. The van der Waals surface area contributed by atoms with Crippen molar-refractivity contribution in [2.45, 2.75) is 19.8 Å². The molecule has 1 aliphatic heterocycles. The number of nitrogens with zero attached hydrogens (tertiary/aromatic N) is 1. The maximum absolute atomic E-state index is 13.6. The number of carbonyl (C=O) groups excluding carboxylic acids is 3. The number of hydrogen-bond acceptors (Lipinski definition) is 3. The summed E-state index contributed by atoms with van der Waals surface area (Å²) in [6, 6.07) is 6.57. The molecule has 2 aromatic carbocycles. The van der Waals surface area contributed by atoms with Crippen LogP contribution in [0, 0.1) is 24.4 Å². The number of benzene rings is 2. The molecular formula is C19H15F3N2O3. The summed E-state index contributed by atoms with van der Waals surface area (Å²) in [6.07, 6.45) is 0.00640. The molecule has 2 aromatic rings. The lowest BCUT2D eigenvalue weighted by molar-refractivity contribution is -0.116. The number of imide groups is 1. The van der Waals surface area contributed by atoms with E-state index in [0.29, 0.717) is 17.2 Å². The second-order valence-corrected chi connectivity index (χ2v) is 6.19. The average Bonchev–Trinajstić information content (AvgIpc) is 2.86. The molecular weight excluding hydrogens is 361 g/mol. The molecule has 3 amide bonds. The van der Waals surface area contributed by atoms with E-state index in [4.69, 9.17) is 0 Å². The Labute approximate surface area is 152 Å². The van der Waals surface area contributed by atoms with Gasteiger partial charge in [-0.3, -0.25) is 19.3 Å². The van der Waals surface area contributed by atoms with E-state index in [-0.39, 0.29) is 19.4 Å². The Morgan fingerprint density at radius 2 is 1.70 bits per heavy atom. The minimum Gasteiger partial charge on any atom is -0.324 e. The number of fused-ring (bicyclic) bond motifs is 1. The first-order valence-electron chi connectivity index (χ1n) is 8.20. The van der Waals surface area contributed by atoms with E-state index in [1.165, 1.54) is 0 Å². The van der Waals surface area contributed by atoms with Crippen LogP contribution in [0.15, 0.2) is 30.3 Å².